The summed E-state index contributed by atoms with van der Waals surface area (Å²) in [5.74, 6) is -0.837. The minimum atomic E-state index is -0.551. The van der Waals surface area contributed by atoms with Gasteiger partial charge in [-0.2, -0.15) is 0 Å². The molecule has 1 aromatic rings. The number of phenols is 1. The molecule has 2 N–H and O–H groups in total. The van der Waals surface area contributed by atoms with Crippen LogP contribution in [-0.2, 0) is 6.54 Å². The quantitative estimate of drug-likeness (QED) is 0.687. The number of unbranched alkanes of at least 4 members (excludes halogenated alkanes) is 3. The number of halogens is 1. The molecule has 0 heterocycles. The number of aromatic hydroxyl groups is 1. The third-order valence-corrected chi connectivity index (χ3v) is 3.16. The average molecular weight is 253 g/mol. The van der Waals surface area contributed by atoms with Crippen LogP contribution in [0.3, 0.4) is 0 Å². The highest BCUT2D eigenvalue weighted by molar-refractivity contribution is 5.27. The predicted molar refractivity (Wildman–Crippen MR) is 73.1 cm³/mol. The number of hydrogen-bond acceptors (Lipinski definition) is 2. The van der Waals surface area contributed by atoms with E-state index in [1.54, 1.807) is 6.07 Å². The first-order valence-corrected chi connectivity index (χ1v) is 6.84. The molecule has 0 amide bonds. The van der Waals surface area contributed by atoms with Crippen molar-refractivity contribution in [3.05, 3.63) is 29.6 Å². The molecule has 1 rings (SSSR count). The summed E-state index contributed by atoms with van der Waals surface area (Å²) in [4.78, 5) is 0. The fraction of sp³-hybridized carbons (Fsp3) is 0.600. The van der Waals surface area contributed by atoms with Gasteiger partial charge < -0.3 is 10.4 Å². The summed E-state index contributed by atoms with van der Waals surface area (Å²) >= 11 is 0. The van der Waals surface area contributed by atoms with E-state index in [1.165, 1.54) is 37.8 Å². The third-order valence-electron chi connectivity index (χ3n) is 3.16. The van der Waals surface area contributed by atoms with E-state index in [2.05, 4.69) is 19.2 Å². The monoisotopic (exact) mass is 253 g/mol. The highest BCUT2D eigenvalue weighted by atomic mass is 19.1. The van der Waals surface area contributed by atoms with Gasteiger partial charge in [0.2, 0.25) is 0 Å². The van der Waals surface area contributed by atoms with Crippen LogP contribution in [-0.4, -0.2) is 11.1 Å². The van der Waals surface area contributed by atoms with Gasteiger partial charge in [-0.25, -0.2) is 4.39 Å². The highest BCUT2D eigenvalue weighted by Gasteiger charge is 2.04. The molecule has 0 aromatic heterocycles. The molecule has 1 unspecified atom stereocenters. The largest absolute Gasteiger partial charge is 0.505 e. The molecule has 0 bridgehead atoms. The molecule has 1 aromatic carbocycles. The first kappa shape index (κ1) is 15.0. The maximum absolute atomic E-state index is 13.1. The SMILES string of the molecule is CCCCCCC(C)NCc1ccc(O)c(F)c1. The molecule has 2 nitrogen and oxygen atoms in total. The summed E-state index contributed by atoms with van der Waals surface area (Å²) in [6.07, 6.45) is 6.24. The Bertz CT molecular complexity index is 354. The Kier molecular flexibility index (Phi) is 6.73. The van der Waals surface area contributed by atoms with Crippen LogP contribution in [0.2, 0.25) is 0 Å². The maximum Gasteiger partial charge on any atom is 0.165 e. The molecular weight excluding hydrogens is 229 g/mol. The molecule has 0 aliphatic heterocycles. The van der Waals surface area contributed by atoms with E-state index in [4.69, 9.17) is 5.11 Å². The molecule has 0 spiro atoms. The maximum atomic E-state index is 13.1. The number of benzene rings is 1. The van der Waals surface area contributed by atoms with Crippen molar-refractivity contribution in [2.75, 3.05) is 0 Å². The Balaban J connectivity index is 2.24. The Morgan fingerprint density at radius 3 is 2.72 bits per heavy atom. The summed E-state index contributed by atoms with van der Waals surface area (Å²) in [6, 6.07) is 4.97. The van der Waals surface area contributed by atoms with Crippen molar-refractivity contribution < 1.29 is 9.50 Å². The Hall–Kier alpha value is -1.09. The number of hydrogen-bond donors (Lipinski definition) is 2. The minimum absolute atomic E-state index is 0.286. The van der Waals surface area contributed by atoms with Gasteiger partial charge in [-0.05, 0) is 31.0 Å². The molecule has 102 valence electrons. The molecule has 0 saturated heterocycles. The van der Waals surface area contributed by atoms with E-state index in [9.17, 15) is 4.39 Å². The standard InChI is InChI=1S/C15H24FNO/c1-3-4-5-6-7-12(2)17-11-13-8-9-15(18)14(16)10-13/h8-10,12,17-18H,3-7,11H2,1-2H3. The lowest BCUT2D eigenvalue weighted by Crippen LogP contribution is -2.25. The first-order chi connectivity index (χ1) is 8.63. The fourth-order valence-corrected chi connectivity index (χ4v) is 1.93. The Labute approximate surface area is 109 Å². The average Bonchev–Trinajstić information content (AvgIpc) is 2.36. The van der Waals surface area contributed by atoms with Crippen molar-refractivity contribution in [3.8, 4) is 5.75 Å². The van der Waals surface area contributed by atoms with Crippen LogP contribution in [0.1, 0.15) is 51.5 Å². The molecule has 0 fully saturated rings. The summed E-state index contributed by atoms with van der Waals surface area (Å²) in [7, 11) is 0. The van der Waals surface area contributed by atoms with Gasteiger partial charge >= 0.3 is 0 Å². The number of rotatable bonds is 8. The van der Waals surface area contributed by atoms with E-state index in [0.29, 0.717) is 12.6 Å². The van der Waals surface area contributed by atoms with Gasteiger partial charge in [-0.1, -0.05) is 38.7 Å². The van der Waals surface area contributed by atoms with Gasteiger partial charge in [0.15, 0.2) is 11.6 Å². The molecule has 0 radical (unpaired) electrons. The lowest BCUT2D eigenvalue weighted by atomic mass is 10.1. The van der Waals surface area contributed by atoms with Crippen LogP contribution in [0, 0.1) is 5.82 Å². The normalized spacial score (nSPS) is 12.6. The van der Waals surface area contributed by atoms with E-state index in [1.807, 2.05) is 0 Å². The topological polar surface area (TPSA) is 32.3 Å². The van der Waals surface area contributed by atoms with Crippen LogP contribution in [0.4, 0.5) is 4.39 Å². The minimum Gasteiger partial charge on any atom is -0.505 e. The van der Waals surface area contributed by atoms with Crippen LogP contribution in [0.5, 0.6) is 5.75 Å². The van der Waals surface area contributed by atoms with Crippen molar-refractivity contribution in [1.29, 1.82) is 0 Å². The zero-order chi connectivity index (χ0) is 13.4. The van der Waals surface area contributed by atoms with Crippen LogP contribution < -0.4 is 5.32 Å². The number of nitrogens with one attached hydrogen (secondary N) is 1. The Morgan fingerprint density at radius 1 is 1.28 bits per heavy atom. The second-order valence-corrected chi connectivity index (χ2v) is 4.92. The van der Waals surface area contributed by atoms with Crippen molar-refractivity contribution in [3.63, 3.8) is 0 Å². The van der Waals surface area contributed by atoms with Gasteiger partial charge in [0.05, 0.1) is 0 Å². The van der Waals surface area contributed by atoms with Crippen LogP contribution in [0.15, 0.2) is 18.2 Å². The molecule has 0 aliphatic rings. The van der Waals surface area contributed by atoms with Crippen LogP contribution in [0.25, 0.3) is 0 Å². The van der Waals surface area contributed by atoms with E-state index in [-0.39, 0.29) is 5.75 Å². The Morgan fingerprint density at radius 2 is 2.06 bits per heavy atom. The first-order valence-electron chi connectivity index (χ1n) is 6.84. The fourth-order valence-electron chi connectivity index (χ4n) is 1.93. The second-order valence-electron chi connectivity index (χ2n) is 4.92. The zero-order valence-electron chi connectivity index (χ0n) is 11.4. The van der Waals surface area contributed by atoms with Gasteiger partial charge in [-0.3, -0.25) is 0 Å². The van der Waals surface area contributed by atoms with Gasteiger partial charge in [0.25, 0.3) is 0 Å². The molecule has 0 aliphatic carbocycles. The molecule has 0 saturated carbocycles. The van der Waals surface area contributed by atoms with Gasteiger partial charge in [-0.15, -0.1) is 0 Å². The van der Waals surface area contributed by atoms with Crippen LogP contribution >= 0.6 is 0 Å². The van der Waals surface area contributed by atoms with Crippen molar-refractivity contribution in [2.24, 2.45) is 0 Å². The molecular formula is C15H24FNO. The lowest BCUT2D eigenvalue weighted by Gasteiger charge is -2.13. The molecule has 3 heteroatoms. The van der Waals surface area contributed by atoms with Gasteiger partial charge in [0, 0.05) is 12.6 Å². The number of phenolic OH excluding ortho intramolecular Hbond substituents is 1. The third kappa shape index (κ3) is 5.50. The second kappa shape index (κ2) is 8.09. The lowest BCUT2D eigenvalue weighted by molar-refractivity contribution is 0.430. The summed E-state index contributed by atoms with van der Waals surface area (Å²) in [5.41, 5.74) is 0.866. The zero-order valence-corrected chi connectivity index (χ0v) is 11.4. The van der Waals surface area contributed by atoms with Crippen molar-refractivity contribution in [1.82, 2.24) is 5.32 Å². The van der Waals surface area contributed by atoms with Gasteiger partial charge in [0.1, 0.15) is 0 Å². The smallest absolute Gasteiger partial charge is 0.165 e. The van der Waals surface area contributed by atoms with E-state index in [0.717, 1.165) is 12.0 Å². The van der Waals surface area contributed by atoms with E-state index < -0.39 is 5.82 Å². The van der Waals surface area contributed by atoms with Crippen molar-refractivity contribution in [2.45, 2.75) is 58.5 Å². The summed E-state index contributed by atoms with van der Waals surface area (Å²) in [5, 5.41) is 12.5. The molecule has 1 atom stereocenters. The van der Waals surface area contributed by atoms with E-state index >= 15 is 0 Å². The van der Waals surface area contributed by atoms with Crippen molar-refractivity contribution >= 4 is 0 Å². The highest BCUT2D eigenvalue weighted by Crippen LogP contribution is 2.16. The molecule has 18 heavy (non-hydrogen) atoms. The predicted octanol–water partition coefficient (Wildman–Crippen LogP) is 3.98. The summed E-state index contributed by atoms with van der Waals surface area (Å²) < 4.78 is 13.1. The summed E-state index contributed by atoms with van der Waals surface area (Å²) in [6.45, 7) is 5.01.